The van der Waals surface area contributed by atoms with Crippen LogP contribution in [-0.4, -0.2) is 30.9 Å². The number of ether oxygens (including phenoxy) is 1. The first-order chi connectivity index (χ1) is 16.9. The summed E-state index contributed by atoms with van der Waals surface area (Å²) in [6.07, 6.45) is 0.178. The number of aryl methyl sites for hydroxylation is 2. The van der Waals surface area contributed by atoms with Crippen molar-refractivity contribution in [2.24, 2.45) is 5.92 Å². The van der Waals surface area contributed by atoms with Gasteiger partial charge in [0, 0.05) is 30.9 Å². The topological polar surface area (TPSA) is 87.7 Å². The minimum Gasteiger partial charge on any atom is -0.484 e. The summed E-state index contributed by atoms with van der Waals surface area (Å²) in [5.41, 5.74) is 4.71. The Hall–Kier alpha value is -4.13. The highest BCUT2D eigenvalue weighted by atomic mass is 16.5. The van der Waals surface area contributed by atoms with E-state index < -0.39 is 5.92 Å². The van der Waals surface area contributed by atoms with E-state index in [0.717, 1.165) is 11.1 Å². The van der Waals surface area contributed by atoms with Crippen molar-refractivity contribution in [1.29, 1.82) is 0 Å². The molecular formula is C28H29N3O4. The largest absolute Gasteiger partial charge is 0.484 e. The van der Waals surface area contributed by atoms with Crippen molar-refractivity contribution in [3.8, 4) is 5.75 Å². The van der Waals surface area contributed by atoms with Crippen LogP contribution in [0.25, 0.3) is 0 Å². The fourth-order valence-electron chi connectivity index (χ4n) is 3.88. The van der Waals surface area contributed by atoms with E-state index in [1.54, 1.807) is 29.2 Å². The Labute approximate surface area is 205 Å². The number of nitrogens with zero attached hydrogens (tertiary/aromatic N) is 1. The number of hydrogen-bond acceptors (Lipinski definition) is 4. The van der Waals surface area contributed by atoms with Gasteiger partial charge in [0.2, 0.25) is 11.8 Å². The SMILES string of the molecule is Cc1ccc(CNC(=O)[C@H]2CC(=O)N(c3ccc(OCC(=O)Nc4ccc(C)cc4)cc3)C2)cc1. The molecule has 1 saturated heterocycles. The van der Waals surface area contributed by atoms with Crippen molar-refractivity contribution in [3.05, 3.63) is 89.5 Å². The van der Waals surface area contributed by atoms with Crippen molar-refractivity contribution >= 4 is 29.1 Å². The fourth-order valence-corrected chi connectivity index (χ4v) is 3.88. The van der Waals surface area contributed by atoms with Crippen LogP contribution in [0.15, 0.2) is 72.8 Å². The number of hydrogen-bond donors (Lipinski definition) is 2. The first-order valence-electron chi connectivity index (χ1n) is 11.6. The minimum atomic E-state index is -0.394. The Balaban J connectivity index is 1.26. The van der Waals surface area contributed by atoms with E-state index in [9.17, 15) is 14.4 Å². The minimum absolute atomic E-state index is 0.0911. The predicted octanol–water partition coefficient (Wildman–Crippen LogP) is 3.99. The monoisotopic (exact) mass is 471 g/mol. The molecule has 180 valence electrons. The summed E-state index contributed by atoms with van der Waals surface area (Å²) < 4.78 is 5.57. The number of anilines is 2. The van der Waals surface area contributed by atoms with Crippen molar-refractivity contribution in [3.63, 3.8) is 0 Å². The number of rotatable bonds is 8. The predicted molar refractivity (Wildman–Crippen MR) is 135 cm³/mol. The molecule has 0 bridgehead atoms. The van der Waals surface area contributed by atoms with Gasteiger partial charge in [-0.1, -0.05) is 47.5 Å². The maximum absolute atomic E-state index is 12.6. The summed E-state index contributed by atoms with van der Waals surface area (Å²) in [4.78, 5) is 38.9. The van der Waals surface area contributed by atoms with Gasteiger partial charge < -0.3 is 20.3 Å². The Bertz CT molecular complexity index is 1190. The van der Waals surface area contributed by atoms with Gasteiger partial charge in [-0.05, 0) is 55.8 Å². The lowest BCUT2D eigenvalue weighted by Crippen LogP contribution is -2.32. The molecule has 0 unspecified atom stereocenters. The standard InChI is InChI=1S/C28H29N3O4/c1-19-3-7-21(8-4-19)16-29-28(34)22-15-27(33)31(17-22)24-11-13-25(14-12-24)35-18-26(32)30-23-9-5-20(2)6-10-23/h3-14,22H,15-18H2,1-2H3,(H,29,34)(H,30,32)/t22-/m0/s1. The molecule has 0 spiro atoms. The van der Waals surface area contributed by atoms with E-state index in [1.807, 2.05) is 62.4 Å². The van der Waals surface area contributed by atoms with Crippen LogP contribution in [0.4, 0.5) is 11.4 Å². The van der Waals surface area contributed by atoms with E-state index >= 15 is 0 Å². The lowest BCUT2D eigenvalue weighted by Gasteiger charge is -2.17. The number of carbonyl (C=O) groups excluding carboxylic acids is 3. The molecule has 3 aromatic rings. The second-order valence-corrected chi connectivity index (χ2v) is 8.81. The molecule has 1 aliphatic rings. The summed E-state index contributed by atoms with van der Waals surface area (Å²) in [5, 5.41) is 5.72. The third-order valence-corrected chi connectivity index (χ3v) is 5.94. The molecule has 3 amide bonds. The molecule has 1 atom stereocenters. The summed E-state index contributed by atoms with van der Waals surface area (Å²) in [6.45, 7) is 4.64. The molecule has 1 fully saturated rings. The van der Waals surface area contributed by atoms with Gasteiger partial charge in [0.05, 0.1) is 5.92 Å². The Morgan fingerprint density at radius 1 is 0.914 bits per heavy atom. The summed E-state index contributed by atoms with van der Waals surface area (Å²) >= 11 is 0. The van der Waals surface area contributed by atoms with Crippen LogP contribution in [0.2, 0.25) is 0 Å². The van der Waals surface area contributed by atoms with E-state index in [0.29, 0.717) is 30.2 Å². The van der Waals surface area contributed by atoms with Gasteiger partial charge in [0.25, 0.3) is 5.91 Å². The van der Waals surface area contributed by atoms with Crippen LogP contribution in [0, 0.1) is 19.8 Å². The van der Waals surface area contributed by atoms with Gasteiger partial charge in [0.1, 0.15) is 5.75 Å². The second kappa shape index (κ2) is 10.9. The third-order valence-electron chi connectivity index (χ3n) is 5.94. The van der Waals surface area contributed by atoms with Gasteiger partial charge in [-0.15, -0.1) is 0 Å². The smallest absolute Gasteiger partial charge is 0.262 e. The normalized spacial score (nSPS) is 15.1. The molecule has 0 aromatic heterocycles. The van der Waals surface area contributed by atoms with Gasteiger partial charge in [-0.25, -0.2) is 0 Å². The van der Waals surface area contributed by atoms with Crippen molar-refractivity contribution in [2.45, 2.75) is 26.8 Å². The molecule has 0 aliphatic carbocycles. The summed E-state index contributed by atoms with van der Waals surface area (Å²) in [6, 6.07) is 22.5. The third kappa shape index (κ3) is 6.47. The van der Waals surface area contributed by atoms with Gasteiger partial charge in [-0.2, -0.15) is 0 Å². The quantitative estimate of drug-likeness (QED) is 0.520. The number of amides is 3. The van der Waals surface area contributed by atoms with Crippen LogP contribution in [0.5, 0.6) is 5.75 Å². The number of nitrogens with one attached hydrogen (secondary N) is 2. The number of carbonyl (C=O) groups is 3. The Kier molecular flexibility index (Phi) is 7.45. The molecule has 2 N–H and O–H groups in total. The molecule has 0 saturated carbocycles. The first-order valence-corrected chi connectivity index (χ1v) is 11.6. The van der Waals surface area contributed by atoms with E-state index in [1.165, 1.54) is 5.56 Å². The molecule has 1 heterocycles. The van der Waals surface area contributed by atoms with Crippen LogP contribution in [0.3, 0.4) is 0 Å². The zero-order chi connectivity index (χ0) is 24.8. The Morgan fingerprint density at radius 2 is 1.54 bits per heavy atom. The van der Waals surface area contributed by atoms with E-state index in [-0.39, 0.29) is 30.7 Å². The van der Waals surface area contributed by atoms with E-state index in [4.69, 9.17) is 4.74 Å². The zero-order valence-corrected chi connectivity index (χ0v) is 19.9. The molecule has 4 rings (SSSR count). The molecular weight excluding hydrogens is 442 g/mol. The second-order valence-electron chi connectivity index (χ2n) is 8.81. The highest BCUT2D eigenvalue weighted by Crippen LogP contribution is 2.27. The molecule has 35 heavy (non-hydrogen) atoms. The number of benzene rings is 3. The molecule has 3 aromatic carbocycles. The van der Waals surface area contributed by atoms with Gasteiger partial charge in [-0.3, -0.25) is 14.4 Å². The van der Waals surface area contributed by atoms with Crippen molar-refractivity contribution < 1.29 is 19.1 Å². The van der Waals surface area contributed by atoms with Gasteiger partial charge in [0.15, 0.2) is 6.61 Å². The van der Waals surface area contributed by atoms with Crippen LogP contribution in [-0.2, 0) is 20.9 Å². The van der Waals surface area contributed by atoms with Crippen molar-refractivity contribution in [1.82, 2.24) is 5.32 Å². The maximum Gasteiger partial charge on any atom is 0.262 e. The average molecular weight is 472 g/mol. The molecule has 1 aliphatic heterocycles. The highest BCUT2D eigenvalue weighted by Gasteiger charge is 2.35. The van der Waals surface area contributed by atoms with Crippen LogP contribution in [0.1, 0.15) is 23.1 Å². The summed E-state index contributed by atoms with van der Waals surface area (Å²) in [7, 11) is 0. The molecule has 0 radical (unpaired) electrons. The highest BCUT2D eigenvalue weighted by molar-refractivity contribution is 6.00. The zero-order valence-electron chi connectivity index (χ0n) is 19.9. The maximum atomic E-state index is 12.6. The first kappa shape index (κ1) is 24.0. The molecule has 7 heteroatoms. The Morgan fingerprint density at radius 3 is 2.20 bits per heavy atom. The lowest BCUT2D eigenvalue weighted by molar-refractivity contribution is -0.126. The lowest BCUT2D eigenvalue weighted by atomic mass is 10.1. The van der Waals surface area contributed by atoms with Crippen LogP contribution < -0.4 is 20.3 Å². The van der Waals surface area contributed by atoms with Crippen molar-refractivity contribution in [2.75, 3.05) is 23.4 Å². The van der Waals surface area contributed by atoms with E-state index in [2.05, 4.69) is 10.6 Å². The fraction of sp³-hybridized carbons (Fsp3) is 0.250. The van der Waals surface area contributed by atoms with Gasteiger partial charge >= 0.3 is 0 Å². The summed E-state index contributed by atoms with van der Waals surface area (Å²) in [5.74, 6) is -0.346. The average Bonchev–Trinajstić information content (AvgIpc) is 3.25. The van der Waals surface area contributed by atoms with Crippen LogP contribution >= 0.6 is 0 Å². The molecule has 7 nitrogen and oxygen atoms in total.